The number of nitriles is 1. The molecule has 0 aliphatic carbocycles. The molecule has 152 valence electrons. The zero-order chi connectivity index (χ0) is 21.5. The zero-order valence-electron chi connectivity index (χ0n) is 16.8. The molecule has 0 spiro atoms. The summed E-state index contributed by atoms with van der Waals surface area (Å²) in [6, 6.07) is 25.4. The number of amides is 2. The summed E-state index contributed by atoms with van der Waals surface area (Å²) in [6.07, 6.45) is -0.909. The minimum Gasteiger partial charge on any atom is -0.273 e. The molecule has 6 heteroatoms. The van der Waals surface area contributed by atoms with E-state index >= 15 is 0 Å². The van der Waals surface area contributed by atoms with Gasteiger partial charge in [0.1, 0.15) is 5.92 Å². The Labute approximate surface area is 179 Å². The number of carbonyl (C=O) groups is 2. The Hall–Kier alpha value is -3.95. The molecule has 2 aliphatic rings. The molecule has 31 heavy (non-hydrogen) atoms. The van der Waals surface area contributed by atoms with Gasteiger partial charge in [0.15, 0.2) is 6.10 Å². The largest absolute Gasteiger partial charge is 0.273 e. The number of nitrogens with zero attached hydrogens (tertiary/aromatic N) is 3. The van der Waals surface area contributed by atoms with Crippen molar-refractivity contribution in [2.45, 2.75) is 19.1 Å². The van der Waals surface area contributed by atoms with Crippen molar-refractivity contribution in [3.05, 3.63) is 95.6 Å². The molecule has 5 rings (SSSR count). The molecule has 0 saturated carbocycles. The predicted octanol–water partition coefficient (Wildman–Crippen LogP) is 3.92. The predicted molar refractivity (Wildman–Crippen MR) is 115 cm³/mol. The average Bonchev–Trinajstić information content (AvgIpc) is 3.31. The minimum atomic E-state index is -0.909. The van der Waals surface area contributed by atoms with Gasteiger partial charge in [-0.15, -0.1) is 0 Å². The molecule has 2 saturated heterocycles. The number of benzene rings is 3. The van der Waals surface area contributed by atoms with Crippen LogP contribution in [0.5, 0.6) is 0 Å². The highest BCUT2D eigenvalue weighted by molar-refractivity contribution is 6.23. The van der Waals surface area contributed by atoms with Gasteiger partial charge in [-0.2, -0.15) is 5.26 Å². The zero-order valence-corrected chi connectivity index (χ0v) is 16.8. The molecular weight excluding hydrogens is 390 g/mol. The van der Waals surface area contributed by atoms with Crippen molar-refractivity contribution in [2.24, 2.45) is 5.92 Å². The first-order chi connectivity index (χ1) is 15.1. The topological polar surface area (TPSA) is 73.6 Å². The fraction of sp³-hybridized carbons (Fsp3) is 0.160. The fourth-order valence-electron chi connectivity index (χ4n) is 4.39. The molecule has 0 aromatic heterocycles. The monoisotopic (exact) mass is 409 g/mol. The van der Waals surface area contributed by atoms with Crippen molar-refractivity contribution in [3.63, 3.8) is 0 Å². The lowest BCUT2D eigenvalue weighted by Gasteiger charge is -2.29. The van der Waals surface area contributed by atoms with Crippen LogP contribution in [-0.2, 0) is 14.4 Å². The van der Waals surface area contributed by atoms with Crippen LogP contribution in [0.3, 0.4) is 0 Å². The Kier molecular flexibility index (Phi) is 4.54. The SMILES string of the molecule is Cc1ccccc1[C@@H]1[C@H]2C(=O)N(c3ccc(C#N)cc3)C(=O)[C@@H]2ON1c1ccccc1. The minimum absolute atomic E-state index is 0.300. The molecule has 0 unspecified atom stereocenters. The first-order valence-corrected chi connectivity index (χ1v) is 10.0. The Morgan fingerprint density at radius 2 is 1.52 bits per heavy atom. The van der Waals surface area contributed by atoms with Crippen molar-refractivity contribution in [1.82, 2.24) is 0 Å². The van der Waals surface area contributed by atoms with Crippen LogP contribution in [0.15, 0.2) is 78.9 Å². The van der Waals surface area contributed by atoms with E-state index in [2.05, 4.69) is 0 Å². The maximum absolute atomic E-state index is 13.6. The Balaban J connectivity index is 1.59. The molecule has 2 aliphatic heterocycles. The van der Waals surface area contributed by atoms with Crippen LogP contribution < -0.4 is 9.96 Å². The molecule has 0 radical (unpaired) electrons. The van der Waals surface area contributed by atoms with Crippen LogP contribution in [-0.4, -0.2) is 17.9 Å². The van der Waals surface area contributed by atoms with Gasteiger partial charge in [-0.05, 0) is 54.4 Å². The second kappa shape index (κ2) is 7.38. The van der Waals surface area contributed by atoms with E-state index in [1.54, 1.807) is 29.3 Å². The third-order valence-electron chi connectivity index (χ3n) is 5.89. The number of fused-ring (bicyclic) bond motifs is 1. The Morgan fingerprint density at radius 1 is 0.839 bits per heavy atom. The van der Waals surface area contributed by atoms with E-state index in [-0.39, 0.29) is 5.91 Å². The summed E-state index contributed by atoms with van der Waals surface area (Å²) in [4.78, 5) is 34.2. The molecule has 3 aromatic carbocycles. The highest BCUT2D eigenvalue weighted by Gasteiger charge is 2.60. The van der Waals surface area contributed by atoms with Gasteiger partial charge in [0.05, 0.1) is 29.0 Å². The van der Waals surface area contributed by atoms with Crippen molar-refractivity contribution in [3.8, 4) is 6.07 Å². The number of rotatable bonds is 3. The lowest BCUT2D eigenvalue weighted by molar-refractivity contribution is -0.126. The molecule has 2 fully saturated rings. The van der Waals surface area contributed by atoms with E-state index in [1.807, 2.05) is 67.6 Å². The van der Waals surface area contributed by atoms with E-state index < -0.39 is 24.0 Å². The van der Waals surface area contributed by atoms with E-state index in [0.717, 1.165) is 16.8 Å². The maximum Gasteiger partial charge on any atom is 0.266 e. The van der Waals surface area contributed by atoms with E-state index in [4.69, 9.17) is 10.1 Å². The molecule has 6 nitrogen and oxygen atoms in total. The number of hydrogen-bond acceptors (Lipinski definition) is 5. The smallest absolute Gasteiger partial charge is 0.266 e. The van der Waals surface area contributed by atoms with Gasteiger partial charge < -0.3 is 0 Å². The highest BCUT2D eigenvalue weighted by Crippen LogP contribution is 2.48. The summed E-state index contributed by atoms with van der Waals surface area (Å²) in [6.45, 7) is 1.99. The number of hydroxylamine groups is 1. The van der Waals surface area contributed by atoms with Gasteiger partial charge in [-0.3, -0.25) is 14.4 Å². The summed E-state index contributed by atoms with van der Waals surface area (Å²) in [5.41, 5.74) is 3.67. The summed E-state index contributed by atoms with van der Waals surface area (Å²) in [7, 11) is 0. The summed E-state index contributed by atoms with van der Waals surface area (Å²) in [5.74, 6) is -1.37. The molecule has 3 atom stereocenters. The second-order valence-electron chi connectivity index (χ2n) is 7.69. The molecule has 2 amide bonds. The van der Waals surface area contributed by atoms with Crippen LogP contribution in [0.4, 0.5) is 11.4 Å². The Morgan fingerprint density at radius 3 is 2.19 bits per heavy atom. The number of imide groups is 1. The van der Waals surface area contributed by atoms with E-state index in [9.17, 15) is 9.59 Å². The molecule has 2 heterocycles. The lowest BCUT2D eigenvalue weighted by Crippen LogP contribution is -2.37. The van der Waals surface area contributed by atoms with Crippen LogP contribution in [0, 0.1) is 24.2 Å². The number of anilines is 2. The first-order valence-electron chi connectivity index (χ1n) is 10.0. The van der Waals surface area contributed by atoms with E-state index in [0.29, 0.717) is 11.3 Å². The Bertz CT molecular complexity index is 1200. The first kappa shape index (κ1) is 19.0. The fourth-order valence-corrected chi connectivity index (χ4v) is 4.39. The number of hydrogen-bond donors (Lipinski definition) is 0. The van der Waals surface area contributed by atoms with Gasteiger partial charge in [0.25, 0.3) is 5.91 Å². The number of carbonyl (C=O) groups excluding carboxylic acids is 2. The van der Waals surface area contributed by atoms with E-state index in [1.165, 1.54) is 4.90 Å². The maximum atomic E-state index is 13.6. The van der Waals surface area contributed by atoms with Gasteiger partial charge >= 0.3 is 0 Å². The van der Waals surface area contributed by atoms with Crippen molar-refractivity contribution < 1.29 is 14.4 Å². The standard InChI is InChI=1S/C25H19N3O3/c1-16-7-5-6-10-20(16)22-21-23(31-28(22)19-8-3-2-4-9-19)25(30)27(24(21)29)18-13-11-17(15-26)12-14-18/h2-14,21-23H,1H3/t21-,22-,23-/m1/s1. The third-order valence-corrected chi connectivity index (χ3v) is 5.89. The van der Waals surface area contributed by atoms with Crippen LogP contribution in [0.25, 0.3) is 0 Å². The van der Waals surface area contributed by atoms with Crippen LogP contribution in [0.1, 0.15) is 22.7 Å². The van der Waals surface area contributed by atoms with Crippen molar-refractivity contribution in [2.75, 3.05) is 9.96 Å². The van der Waals surface area contributed by atoms with Crippen molar-refractivity contribution in [1.29, 1.82) is 5.26 Å². The summed E-state index contributed by atoms with van der Waals surface area (Å²) >= 11 is 0. The number of aryl methyl sites for hydroxylation is 1. The average molecular weight is 409 g/mol. The quantitative estimate of drug-likeness (QED) is 0.613. The van der Waals surface area contributed by atoms with Gasteiger partial charge in [-0.25, -0.2) is 9.96 Å². The van der Waals surface area contributed by atoms with Crippen molar-refractivity contribution >= 4 is 23.2 Å². The molecular formula is C25H19N3O3. The third kappa shape index (κ3) is 2.98. The molecule has 0 N–H and O–H groups in total. The lowest BCUT2D eigenvalue weighted by atomic mass is 9.88. The second-order valence-corrected chi connectivity index (χ2v) is 7.69. The molecule has 0 bridgehead atoms. The van der Waals surface area contributed by atoms with Gasteiger partial charge in [-0.1, -0.05) is 42.5 Å². The van der Waals surface area contributed by atoms with Crippen LogP contribution >= 0.6 is 0 Å². The van der Waals surface area contributed by atoms with Gasteiger partial charge in [0, 0.05) is 0 Å². The van der Waals surface area contributed by atoms with Gasteiger partial charge in [0.2, 0.25) is 5.91 Å². The normalized spacial score (nSPS) is 22.5. The van der Waals surface area contributed by atoms with Crippen LogP contribution in [0.2, 0.25) is 0 Å². The summed E-state index contributed by atoms with van der Waals surface area (Å²) < 4.78 is 0. The summed E-state index contributed by atoms with van der Waals surface area (Å²) in [5, 5.41) is 10.7. The number of para-hydroxylation sites is 1. The highest BCUT2D eigenvalue weighted by atomic mass is 16.7. The molecule has 3 aromatic rings.